The Balaban J connectivity index is 1.69. The normalized spacial score (nSPS) is 31.7. The molecule has 1 aliphatic carbocycles. The lowest BCUT2D eigenvalue weighted by atomic mass is 9.41. The average molecular weight is 627 g/mol. The van der Waals surface area contributed by atoms with Crippen LogP contribution in [-0.4, -0.2) is 50.8 Å². The van der Waals surface area contributed by atoms with Gasteiger partial charge >= 0.3 is 0 Å². The monoisotopic (exact) mass is 626 g/mol. The van der Waals surface area contributed by atoms with Gasteiger partial charge in [-0.3, -0.25) is 0 Å². The van der Waals surface area contributed by atoms with Gasteiger partial charge in [0.25, 0.3) is 0 Å². The van der Waals surface area contributed by atoms with E-state index in [2.05, 4.69) is 79.7 Å². The summed E-state index contributed by atoms with van der Waals surface area (Å²) >= 11 is 0. The van der Waals surface area contributed by atoms with Crippen molar-refractivity contribution in [1.29, 1.82) is 0 Å². The number of anilines is 2. The van der Waals surface area contributed by atoms with E-state index >= 15 is 0 Å². The summed E-state index contributed by atoms with van der Waals surface area (Å²) in [6.45, 7) is 21.6. The van der Waals surface area contributed by atoms with Crippen LogP contribution in [0.4, 0.5) is 11.4 Å². The number of hydrogen-bond acceptors (Lipinski definition) is 6. The molecule has 6 atom stereocenters. The van der Waals surface area contributed by atoms with E-state index in [1.807, 2.05) is 0 Å². The van der Waals surface area contributed by atoms with Gasteiger partial charge in [-0.25, -0.2) is 0 Å². The quantitative estimate of drug-likeness (QED) is 0.186. The highest BCUT2D eigenvalue weighted by Crippen LogP contribution is 2.70. The van der Waals surface area contributed by atoms with Crippen molar-refractivity contribution in [3.8, 4) is 0 Å². The highest BCUT2D eigenvalue weighted by molar-refractivity contribution is 5.87. The fourth-order valence-corrected chi connectivity index (χ4v) is 9.29. The van der Waals surface area contributed by atoms with Gasteiger partial charge in [0.05, 0.1) is 50.8 Å². The molecule has 7 rings (SSSR count). The first-order chi connectivity index (χ1) is 21.9. The van der Waals surface area contributed by atoms with Gasteiger partial charge in [0.1, 0.15) is 0 Å². The van der Waals surface area contributed by atoms with Gasteiger partial charge < -0.3 is 30.4 Å². The first kappa shape index (κ1) is 31.9. The van der Waals surface area contributed by atoms with Gasteiger partial charge in [-0.1, -0.05) is 45.4 Å². The minimum absolute atomic E-state index is 0.183. The van der Waals surface area contributed by atoms with Gasteiger partial charge in [-0.05, 0) is 121 Å². The molecular formula is C40H54N2O4. The van der Waals surface area contributed by atoms with E-state index in [1.165, 1.54) is 27.8 Å². The molecule has 4 N–H and O–H groups in total. The van der Waals surface area contributed by atoms with Crippen LogP contribution >= 0.6 is 0 Å². The first-order valence-corrected chi connectivity index (χ1v) is 17.6. The Morgan fingerprint density at radius 2 is 1.13 bits per heavy atom. The fraction of sp³-hybridized carbons (Fsp3) is 0.600. The zero-order valence-electron chi connectivity index (χ0n) is 29.2. The highest BCUT2D eigenvalue weighted by atomic mass is 16.6. The van der Waals surface area contributed by atoms with Crippen molar-refractivity contribution < 1.29 is 18.9 Å². The molecule has 46 heavy (non-hydrogen) atoms. The number of nitrogen functional groups attached to an aromatic ring is 2. The SMILES string of the molecule is Cc1cc(C2=C(C(C)C)C(CC3CO3)=C(CC3CO3)C(CC3CO3)(C(C)C)C2(CC2CO2)c2cc(C)c(N)c(C)c2)cc(C)c1N. The predicted octanol–water partition coefficient (Wildman–Crippen LogP) is 7.54. The lowest BCUT2D eigenvalue weighted by molar-refractivity contribution is 0.0871. The van der Waals surface area contributed by atoms with Crippen LogP contribution in [-0.2, 0) is 24.4 Å². The molecular weight excluding hydrogens is 572 g/mol. The van der Waals surface area contributed by atoms with Crippen LogP contribution in [0.1, 0.15) is 86.8 Å². The second-order valence-corrected chi connectivity index (χ2v) is 15.6. The number of aryl methyl sites for hydroxylation is 4. The van der Waals surface area contributed by atoms with E-state index < -0.39 is 5.41 Å². The van der Waals surface area contributed by atoms with Gasteiger partial charge in [-0.2, -0.15) is 0 Å². The molecule has 6 unspecified atom stereocenters. The molecule has 0 bridgehead atoms. The molecule has 0 spiro atoms. The topological polar surface area (TPSA) is 102 Å². The molecule has 0 amide bonds. The van der Waals surface area contributed by atoms with Crippen LogP contribution in [0.3, 0.4) is 0 Å². The average Bonchev–Trinajstić information content (AvgIpc) is 3.79. The number of allylic oxidation sites excluding steroid dienone is 2. The number of hydrogen-bond donors (Lipinski definition) is 2. The Labute approximate surface area is 275 Å². The Morgan fingerprint density at radius 1 is 0.674 bits per heavy atom. The zero-order valence-corrected chi connectivity index (χ0v) is 29.2. The number of nitrogens with two attached hydrogens (primary N) is 2. The Kier molecular flexibility index (Phi) is 7.99. The van der Waals surface area contributed by atoms with Crippen LogP contribution in [0, 0.1) is 44.9 Å². The van der Waals surface area contributed by atoms with E-state index in [9.17, 15) is 0 Å². The van der Waals surface area contributed by atoms with Gasteiger partial charge in [0.2, 0.25) is 0 Å². The van der Waals surface area contributed by atoms with Crippen molar-refractivity contribution >= 4 is 16.9 Å². The smallest absolute Gasteiger partial charge is 0.0850 e. The summed E-state index contributed by atoms with van der Waals surface area (Å²) in [6.07, 6.45) is 4.65. The van der Waals surface area contributed by atoms with Crippen LogP contribution in [0.2, 0.25) is 0 Å². The van der Waals surface area contributed by atoms with Crippen molar-refractivity contribution in [2.45, 2.75) is 111 Å². The summed E-state index contributed by atoms with van der Waals surface area (Å²) in [5.41, 5.74) is 27.6. The summed E-state index contributed by atoms with van der Waals surface area (Å²) in [5, 5.41) is 0. The fourth-order valence-electron chi connectivity index (χ4n) is 9.29. The third kappa shape index (κ3) is 5.34. The molecule has 4 heterocycles. The first-order valence-electron chi connectivity index (χ1n) is 17.6. The minimum Gasteiger partial charge on any atom is -0.398 e. The van der Waals surface area contributed by atoms with Crippen LogP contribution < -0.4 is 11.5 Å². The Hall–Kier alpha value is -2.64. The van der Waals surface area contributed by atoms with E-state index in [1.54, 1.807) is 5.57 Å². The van der Waals surface area contributed by atoms with Crippen molar-refractivity contribution in [2.24, 2.45) is 17.3 Å². The summed E-state index contributed by atoms with van der Waals surface area (Å²) in [7, 11) is 0. The van der Waals surface area contributed by atoms with E-state index in [0.29, 0.717) is 5.92 Å². The van der Waals surface area contributed by atoms with Crippen molar-refractivity contribution in [1.82, 2.24) is 0 Å². The van der Waals surface area contributed by atoms with Gasteiger partial charge in [-0.15, -0.1) is 0 Å². The molecule has 6 heteroatoms. The third-order valence-electron chi connectivity index (χ3n) is 11.8. The Bertz CT molecular complexity index is 1560. The second-order valence-electron chi connectivity index (χ2n) is 15.6. The van der Waals surface area contributed by atoms with Crippen LogP contribution in [0.25, 0.3) is 5.57 Å². The van der Waals surface area contributed by atoms with Crippen LogP contribution in [0.5, 0.6) is 0 Å². The lowest BCUT2D eigenvalue weighted by Gasteiger charge is -2.61. The zero-order chi connectivity index (χ0) is 32.7. The Morgan fingerprint density at radius 3 is 1.59 bits per heavy atom. The molecule has 6 nitrogen and oxygen atoms in total. The van der Waals surface area contributed by atoms with Crippen molar-refractivity contribution in [2.75, 3.05) is 37.9 Å². The molecule has 4 aliphatic heterocycles. The number of benzene rings is 2. The maximum absolute atomic E-state index is 6.71. The lowest BCUT2D eigenvalue weighted by Crippen LogP contribution is -2.56. The summed E-state index contributed by atoms with van der Waals surface area (Å²) < 4.78 is 24.6. The van der Waals surface area contributed by atoms with E-state index in [0.717, 1.165) is 85.7 Å². The molecule has 2 aromatic carbocycles. The van der Waals surface area contributed by atoms with Crippen molar-refractivity contribution in [3.63, 3.8) is 0 Å². The van der Waals surface area contributed by atoms with E-state index in [-0.39, 0.29) is 35.7 Å². The molecule has 5 aliphatic rings. The molecule has 4 saturated heterocycles. The third-order valence-corrected chi connectivity index (χ3v) is 11.8. The standard InChI is InChI=1S/C40H54N2O4/c1-21(2)35-33(13-29-17-43-29)34(14-30-18-44-30)39(22(3)4,15-31-19-45-31)40(16-32-20-46-32,28-11-25(7)38(42)26(8)12-28)36(35)27-9-23(5)37(41)24(6)10-27/h9-12,21-22,29-32H,13-20,41-42H2,1-8H3. The molecule has 4 fully saturated rings. The molecule has 248 valence electrons. The number of epoxide rings is 4. The molecule has 0 radical (unpaired) electrons. The van der Waals surface area contributed by atoms with Gasteiger partial charge in [0, 0.05) is 28.6 Å². The molecule has 0 aromatic heterocycles. The maximum Gasteiger partial charge on any atom is 0.0850 e. The van der Waals surface area contributed by atoms with E-state index in [4.69, 9.17) is 30.4 Å². The summed E-state index contributed by atoms with van der Waals surface area (Å²) in [5.74, 6) is 0.590. The minimum atomic E-state index is -0.412. The maximum atomic E-state index is 6.71. The summed E-state index contributed by atoms with van der Waals surface area (Å²) in [6, 6.07) is 9.53. The second kappa shape index (κ2) is 11.5. The van der Waals surface area contributed by atoms with Crippen LogP contribution in [0.15, 0.2) is 41.0 Å². The largest absolute Gasteiger partial charge is 0.398 e. The number of rotatable bonds is 12. The molecule has 0 saturated carbocycles. The predicted molar refractivity (Wildman–Crippen MR) is 186 cm³/mol. The highest BCUT2D eigenvalue weighted by Gasteiger charge is 2.64. The van der Waals surface area contributed by atoms with Gasteiger partial charge in [0.15, 0.2) is 0 Å². The van der Waals surface area contributed by atoms with Crippen molar-refractivity contribution in [3.05, 3.63) is 74.4 Å². The number of ether oxygens (including phenoxy) is 4. The molecule has 2 aromatic rings. The summed E-state index contributed by atoms with van der Waals surface area (Å²) in [4.78, 5) is 0.